The lowest BCUT2D eigenvalue weighted by Gasteiger charge is -2.43. The van der Waals surface area contributed by atoms with E-state index in [1.54, 1.807) is 0 Å². The average molecular weight is 195 g/mol. The maximum atomic E-state index is 5.30. The number of rotatable bonds is 1. The maximum absolute atomic E-state index is 5.30. The number of hydrogen-bond acceptors (Lipinski definition) is 4. The van der Waals surface area contributed by atoms with Crippen molar-refractivity contribution in [2.75, 3.05) is 39.9 Å². The first-order valence-electron chi connectivity index (χ1n) is 4.83. The second kappa shape index (κ2) is 3.37. The molecule has 78 valence electrons. The van der Waals surface area contributed by atoms with Crippen LogP contribution in [0.1, 0.15) is 0 Å². The Morgan fingerprint density at radius 2 is 2.14 bits per heavy atom. The molecule has 0 bridgehead atoms. The van der Waals surface area contributed by atoms with Crippen LogP contribution in [0.2, 0.25) is 0 Å². The summed E-state index contributed by atoms with van der Waals surface area (Å²) in [7, 11) is 2.11. The van der Waals surface area contributed by atoms with Crippen molar-refractivity contribution in [1.82, 2.24) is 9.91 Å². The standard InChI is InChI=1S/C10H17N3O/c1-9-4-12(3)5-10(7-14-8-10)6-13(9)11-2/h1-2,4-8H2,3H3. The van der Waals surface area contributed by atoms with E-state index in [1.807, 2.05) is 5.01 Å². The predicted octanol–water partition coefficient (Wildman–Crippen LogP) is 0.380. The fourth-order valence-corrected chi connectivity index (χ4v) is 2.22. The van der Waals surface area contributed by atoms with Crippen LogP contribution < -0.4 is 0 Å². The van der Waals surface area contributed by atoms with Crippen molar-refractivity contribution in [2.24, 2.45) is 10.5 Å². The Labute approximate surface area is 84.8 Å². The van der Waals surface area contributed by atoms with Crippen molar-refractivity contribution in [3.05, 3.63) is 12.3 Å². The zero-order valence-corrected chi connectivity index (χ0v) is 8.70. The Morgan fingerprint density at radius 1 is 1.43 bits per heavy atom. The summed E-state index contributed by atoms with van der Waals surface area (Å²) < 4.78 is 5.30. The Balaban J connectivity index is 2.15. The molecule has 0 aliphatic carbocycles. The van der Waals surface area contributed by atoms with Gasteiger partial charge in [0.1, 0.15) is 0 Å². The highest BCUT2D eigenvalue weighted by molar-refractivity contribution is 5.24. The molecule has 4 nitrogen and oxygen atoms in total. The molecule has 2 heterocycles. The summed E-state index contributed by atoms with van der Waals surface area (Å²) in [6, 6.07) is 0. The normalized spacial score (nSPS) is 27.2. The fourth-order valence-electron chi connectivity index (χ4n) is 2.22. The quantitative estimate of drug-likeness (QED) is 0.566. The third kappa shape index (κ3) is 1.55. The van der Waals surface area contributed by atoms with Gasteiger partial charge >= 0.3 is 0 Å². The minimum Gasteiger partial charge on any atom is -0.380 e. The van der Waals surface area contributed by atoms with Crippen LogP contribution in [0.15, 0.2) is 17.4 Å². The van der Waals surface area contributed by atoms with Gasteiger partial charge in [-0.2, -0.15) is 5.10 Å². The van der Waals surface area contributed by atoms with E-state index in [9.17, 15) is 0 Å². The topological polar surface area (TPSA) is 28.1 Å². The second-order valence-electron chi connectivity index (χ2n) is 4.43. The van der Waals surface area contributed by atoms with E-state index in [-0.39, 0.29) is 5.41 Å². The van der Waals surface area contributed by atoms with Gasteiger partial charge in [0.15, 0.2) is 0 Å². The van der Waals surface area contributed by atoms with Gasteiger partial charge in [-0.25, -0.2) is 0 Å². The molecule has 14 heavy (non-hydrogen) atoms. The van der Waals surface area contributed by atoms with Crippen molar-refractivity contribution in [3.63, 3.8) is 0 Å². The van der Waals surface area contributed by atoms with Crippen molar-refractivity contribution >= 4 is 6.72 Å². The Kier molecular flexibility index (Phi) is 2.33. The van der Waals surface area contributed by atoms with Gasteiger partial charge < -0.3 is 4.74 Å². The van der Waals surface area contributed by atoms with E-state index in [4.69, 9.17) is 4.74 Å². The van der Waals surface area contributed by atoms with E-state index >= 15 is 0 Å². The van der Waals surface area contributed by atoms with Crippen LogP contribution in [-0.2, 0) is 4.74 Å². The molecular formula is C10H17N3O. The molecule has 2 rings (SSSR count). The summed E-state index contributed by atoms with van der Waals surface area (Å²) in [4.78, 5) is 2.27. The van der Waals surface area contributed by atoms with Gasteiger partial charge in [0.2, 0.25) is 0 Å². The lowest BCUT2D eigenvalue weighted by molar-refractivity contribution is -0.126. The van der Waals surface area contributed by atoms with Gasteiger partial charge in [0.25, 0.3) is 0 Å². The smallest absolute Gasteiger partial charge is 0.0575 e. The average Bonchev–Trinajstić information content (AvgIpc) is 2.20. The molecule has 2 saturated heterocycles. The molecule has 2 fully saturated rings. The highest BCUT2D eigenvalue weighted by Gasteiger charge is 2.43. The highest BCUT2D eigenvalue weighted by Crippen LogP contribution is 2.32. The number of hydrazone groups is 1. The first-order valence-corrected chi connectivity index (χ1v) is 4.83. The van der Waals surface area contributed by atoms with E-state index in [2.05, 4.69) is 30.3 Å². The van der Waals surface area contributed by atoms with Crippen molar-refractivity contribution in [1.29, 1.82) is 0 Å². The molecule has 0 aromatic carbocycles. The van der Waals surface area contributed by atoms with Crippen molar-refractivity contribution < 1.29 is 4.74 Å². The molecule has 0 amide bonds. The predicted molar refractivity (Wildman–Crippen MR) is 56.1 cm³/mol. The Morgan fingerprint density at radius 3 is 2.64 bits per heavy atom. The summed E-state index contributed by atoms with van der Waals surface area (Å²) >= 11 is 0. The zero-order valence-electron chi connectivity index (χ0n) is 8.70. The summed E-state index contributed by atoms with van der Waals surface area (Å²) in [5.74, 6) is 0. The van der Waals surface area contributed by atoms with Crippen molar-refractivity contribution in [2.45, 2.75) is 0 Å². The first kappa shape index (κ1) is 9.68. The molecule has 0 atom stereocenters. The largest absolute Gasteiger partial charge is 0.380 e. The summed E-state index contributed by atoms with van der Waals surface area (Å²) in [6.45, 7) is 12.1. The van der Waals surface area contributed by atoms with Crippen LogP contribution in [-0.4, -0.2) is 56.5 Å². The van der Waals surface area contributed by atoms with Gasteiger partial charge in [-0.05, 0) is 7.05 Å². The molecular weight excluding hydrogens is 178 g/mol. The van der Waals surface area contributed by atoms with Crippen LogP contribution in [0.5, 0.6) is 0 Å². The van der Waals surface area contributed by atoms with E-state index in [1.165, 1.54) is 0 Å². The fraction of sp³-hybridized carbons (Fsp3) is 0.700. The Bertz CT molecular complexity index is 260. The molecule has 2 aliphatic rings. The summed E-state index contributed by atoms with van der Waals surface area (Å²) in [5, 5.41) is 5.91. The van der Waals surface area contributed by atoms with E-state index in [0.29, 0.717) is 0 Å². The zero-order chi connectivity index (χ0) is 10.2. The minimum atomic E-state index is 0.245. The molecule has 0 saturated carbocycles. The van der Waals surface area contributed by atoms with Gasteiger partial charge in [-0.15, -0.1) is 0 Å². The molecule has 4 heteroatoms. The summed E-state index contributed by atoms with van der Waals surface area (Å²) in [5.41, 5.74) is 1.27. The molecule has 0 N–H and O–H groups in total. The summed E-state index contributed by atoms with van der Waals surface area (Å²) in [6.07, 6.45) is 0. The highest BCUT2D eigenvalue weighted by atomic mass is 16.5. The number of hydrogen-bond donors (Lipinski definition) is 0. The molecule has 0 unspecified atom stereocenters. The van der Waals surface area contributed by atoms with Gasteiger partial charge in [-0.3, -0.25) is 9.91 Å². The Hall–Kier alpha value is -0.870. The lowest BCUT2D eigenvalue weighted by Crippen LogP contribution is -2.53. The molecule has 0 radical (unpaired) electrons. The lowest BCUT2D eigenvalue weighted by atomic mass is 9.85. The van der Waals surface area contributed by atoms with Crippen LogP contribution in [0.4, 0.5) is 0 Å². The van der Waals surface area contributed by atoms with Crippen LogP contribution >= 0.6 is 0 Å². The number of likely N-dealkylation sites (N-methyl/N-ethyl adjacent to an activating group) is 1. The molecule has 1 spiro atoms. The minimum absolute atomic E-state index is 0.245. The first-order chi connectivity index (χ1) is 6.65. The third-order valence-electron chi connectivity index (χ3n) is 2.90. The molecule has 0 aromatic heterocycles. The SMILES string of the molecule is C=NN1CC2(COC2)CN(C)CC1=C. The van der Waals surface area contributed by atoms with Gasteiger partial charge in [-0.1, -0.05) is 6.58 Å². The van der Waals surface area contributed by atoms with Crippen LogP contribution in [0, 0.1) is 5.41 Å². The molecule has 2 aliphatic heterocycles. The molecule has 0 aromatic rings. The third-order valence-corrected chi connectivity index (χ3v) is 2.90. The number of ether oxygens (including phenoxy) is 1. The van der Waals surface area contributed by atoms with Crippen molar-refractivity contribution in [3.8, 4) is 0 Å². The van der Waals surface area contributed by atoms with Crippen LogP contribution in [0.3, 0.4) is 0 Å². The second-order valence-corrected chi connectivity index (χ2v) is 4.43. The van der Waals surface area contributed by atoms with Gasteiger partial charge in [0.05, 0.1) is 19.8 Å². The van der Waals surface area contributed by atoms with Crippen LogP contribution in [0.25, 0.3) is 0 Å². The monoisotopic (exact) mass is 195 g/mol. The van der Waals surface area contributed by atoms with E-state index < -0.39 is 0 Å². The maximum Gasteiger partial charge on any atom is 0.0575 e. The van der Waals surface area contributed by atoms with Gasteiger partial charge in [0, 0.05) is 30.9 Å². The van der Waals surface area contributed by atoms with E-state index in [0.717, 1.165) is 38.5 Å². The number of nitrogens with zero attached hydrogens (tertiary/aromatic N) is 3.